The van der Waals surface area contributed by atoms with Crippen molar-refractivity contribution in [3.8, 4) is 0 Å². The molecule has 3 aromatic rings. The van der Waals surface area contributed by atoms with Crippen LogP contribution >= 0.6 is 0 Å². The van der Waals surface area contributed by atoms with Crippen molar-refractivity contribution in [3.63, 3.8) is 0 Å². The summed E-state index contributed by atoms with van der Waals surface area (Å²) in [6.07, 6.45) is 6.69. The number of hydrogen-bond acceptors (Lipinski definition) is 5. The first kappa shape index (κ1) is 16.4. The predicted octanol–water partition coefficient (Wildman–Crippen LogP) is 3.25. The molecule has 0 amide bonds. The van der Waals surface area contributed by atoms with Crippen LogP contribution in [0.1, 0.15) is 5.56 Å². The van der Waals surface area contributed by atoms with Crippen LogP contribution in [0.15, 0.2) is 67.1 Å². The minimum atomic E-state index is -1.11. The van der Waals surface area contributed by atoms with Gasteiger partial charge in [0.15, 0.2) is 0 Å². The van der Waals surface area contributed by atoms with Crippen molar-refractivity contribution >= 4 is 38.9 Å². The van der Waals surface area contributed by atoms with Gasteiger partial charge in [-0.1, -0.05) is 18.2 Å². The summed E-state index contributed by atoms with van der Waals surface area (Å²) in [4.78, 5) is 4.13. The zero-order valence-corrected chi connectivity index (χ0v) is 14.9. The van der Waals surface area contributed by atoms with E-state index in [0.29, 0.717) is 0 Å². The van der Waals surface area contributed by atoms with Gasteiger partial charge in [-0.3, -0.25) is 4.98 Å². The molecule has 0 spiro atoms. The molecule has 7 heteroatoms. The molecule has 4 rings (SSSR count). The smallest absolute Gasteiger partial charge is 0.248 e. The van der Waals surface area contributed by atoms with Crippen LogP contribution in [0.3, 0.4) is 0 Å². The van der Waals surface area contributed by atoms with E-state index in [9.17, 15) is 4.21 Å². The average molecular weight is 366 g/mol. The fraction of sp³-hybridized carbons (Fsp3) is 0.105. The maximum absolute atomic E-state index is 11.3. The van der Waals surface area contributed by atoms with Gasteiger partial charge in [-0.25, -0.2) is 4.21 Å². The summed E-state index contributed by atoms with van der Waals surface area (Å²) in [5.41, 5.74) is 2.64. The van der Waals surface area contributed by atoms with Gasteiger partial charge in [0.25, 0.3) is 0 Å². The number of anilines is 2. The molecule has 0 aliphatic carbocycles. The molecule has 2 heterocycles. The lowest BCUT2D eigenvalue weighted by molar-refractivity contribution is 0.199. The van der Waals surface area contributed by atoms with E-state index in [4.69, 9.17) is 4.74 Å². The molecule has 0 fully saturated rings. The van der Waals surface area contributed by atoms with E-state index in [0.717, 1.165) is 33.5 Å². The van der Waals surface area contributed by atoms with Crippen LogP contribution in [0.2, 0.25) is 0 Å². The van der Waals surface area contributed by atoms with Gasteiger partial charge in [0.1, 0.15) is 16.7 Å². The summed E-state index contributed by atoms with van der Waals surface area (Å²) in [5, 5.41) is 8.64. The molecule has 1 aromatic heterocycles. The number of ether oxygens (including phenoxy) is 1. The Morgan fingerprint density at radius 3 is 2.88 bits per heavy atom. The van der Waals surface area contributed by atoms with E-state index in [1.54, 1.807) is 12.5 Å². The highest BCUT2D eigenvalue weighted by molar-refractivity contribution is 7.85. The Bertz CT molecular complexity index is 1010. The second kappa shape index (κ2) is 7.05. The Morgan fingerprint density at radius 1 is 1.12 bits per heavy atom. The first-order valence-electron chi connectivity index (χ1n) is 8.11. The van der Waals surface area contributed by atoms with Gasteiger partial charge in [-0.05, 0) is 35.7 Å². The van der Waals surface area contributed by atoms with Gasteiger partial charge in [-0.2, -0.15) is 0 Å². The van der Waals surface area contributed by atoms with E-state index < -0.39 is 11.0 Å². The molecule has 1 aliphatic heterocycles. The molecule has 1 aliphatic rings. The number of pyridine rings is 1. The van der Waals surface area contributed by atoms with Crippen LogP contribution in [0.5, 0.6) is 0 Å². The Balaban J connectivity index is 1.45. The Morgan fingerprint density at radius 2 is 2.00 bits per heavy atom. The molecular formula is C19H18N4O2S. The maximum Gasteiger partial charge on any atom is 0.248 e. The standard InChI is InChI=1S/C19H18N4O2S/c1-26(24)23-17-4-2-3-16(10-17)22-19-21-12-18(25-19)14-5-6-15-11-20-8-7-13(15)9-14/h2-12,19,21-23H,1H3. The normalized spacial score (nSPS) is 17.1. The molecule has 2 aromatic carbocycles. The monoisotopic (exact) mass is 366 g/mol. The quantitative estimate of drug-likeness (QED) is 0.646. The Hall–Kier alpha value is -3.06. The topological polar surface area (TPSA) is 75.3 Å². The minimum Gasteiger partial charge on any atom is -0.450 e. The first-order valence-corrected chi connectivity index (χ1v) is 9.67. The van der Waals surface area contributed by atoms with Crippen molar-refractivity contribution < 1.29 is 8.95 Å². The van der Waals surface area contributed by atoms with E-state index in [1.807, 2.05) is 54.9 Å². The minimum absolute atomic E-state index is 0.375. The zero-order valence-electron chi connectivity index (χ0n) is 14.1. The number of nitrogens with zero attached hydrogens (tertiary/aromatic N) is 1. The second-order valence-electron chi connectivity index (χ2n) is 5.89. The van der Waals surface area contributed by atoms with Crippen molar-refractivity contribution in [2.45, 2.75) is 6.35 Å². The summed E-state index contributed by atoms with van der Waals surface area (Å²) < 4.78 is 20.1. The lowest BCUT2D eigenvalue weighted by Crippen LogP contribution is -2.30. The lowest BCUT2D eigenvalue weighted by atomic mass is 10.1. The molecular weight excluding hydrogens is 348 g/mol. The van der Waals surface area contributed by atoms with Crippen LogP contribution in [-0.4, -0.2) is 21.8 Å². The first-order chi connectivity index (χ1) is 12.7. The summed E-state index contributed by atoms with van der Waals surface area (Å²) in [6, 6.07) is 15.7. The SMILES string of the molecule is CS(=O)Nc1cccc(NC2NC=C(c3ccc4cnccc4c3)O2)c1. The summed E-state index contributed by atoms with van der Waals surface area (Å²) >= 11 is 0. The molecule has 0 saturated heterocycles. The van der Waals surface area contributed by atoms with Crippen molar-refractivity contribution in [2.24, 2.45) is 0 Å². The van der Waals surface area contributed by atoms with Gasteiger partial charge < -0.3 is 20.1 Å². The number of rotatable bonds is 5. The molecule has 0 radical (unpaired) electrons. The fourth-order valence-electron chi connectivity index (χ4n) is 2.80. The van der Waals surface area contributed by atoms with Gasteiger partial charge in [0.2, 0.25) is 6.35 Å². The number of hydrogen-bond donors (Lipinski definition) is 3. The summed E-state index contributed by atoms with van der Waals surface area (Å²) in [5.74, 6) is 0.769. The molecule has 0 bridgehead atoms. The van der Waals surface area contributed by atoms with Crippen LogP contribution in [0, 0.1) is 0 Å². The molecule has 3 N–H and O–H groups in total. The summed E-state index contributed by atoms with van der Waals surface area (Å²) in [6.45, 7) is 0. The highest BCUT2D eigenvalue weighted by atomic mass is 32.2. The largest absolute Gasteiger partial charge is 0.450 e. The zero-order chi connectivity index (χ0) is 17.9. The molecule has 2 atom stereocenters. The van der Waals surface area contributed by atoms with E-state index in [1.165, 1.54) is 0 Å². The van der Waals surface area contributed by atoms with Crippen LogP contribution in [0.4, 0.5) is 11.4 Å². The highest BCUT2D eigenvalue weighted by Crippen LogP contribution is 2.25. The van der Waals surface area contributed by atoms with Gasteiger partial charge in [0.05, 0.1) is 0 Å². The third-order valence-corrected chi connectivity index (χ3v) is 4.48. The third-order valence-electron chi connectivity index (χ3n) is 3.96. The van der Waals surface area contributed by atoms with Crippen molar-refractivity contribution in [2.75, 3.05) is 16.3 Å². The van der Waals surface area contributed by atoms with Crippen molar-refractivity contribution in [1.29, 1.82) is 0 Å². The van der Waals surface area contributed by atoms with Crippen LogP contribution < -0.4 is 15.4 Å². The van der Waals surface area contributed by atoms with Crippen molar-refractivity contribution in [3.05, 3.63) is 72.7 Å². The Kier molecular flexibility index (Phi) is 4.45. The molecule has 132 valence electrons. The van der Waals surface area contributed by atoms with Crippen LogP contribution in [0.25, 0.3) is 16.5 Å². The second-order valence-corrected chi connectivity index (χ2v) is 7.00. The lowest BCUT2D eigenvalue weighted by Gasteiger charge is -2.17. The number of fused-ring (bicyclic) bond motifs is 1. The third kappa shape index (κ3) is 3.62. The highest BCUT2D eigenvalue weighted by Gasteiger charge is 2.18. The average Bonchev–Trinajstić information content (AvgIpc) is 3.09. The van der Waals surface area contributed by atoms with E-state index in [2.05, 4.69) is 26.4 Å². The molecule has 0 saturated carbocycles. The van der Waals surface area contributed by atoms with Gasteiger partial charge in [0, 0.05) is 47.2 Å². The molecule has 6 nitrogen and oxygen atoms in total. The summed E-state index contributed by atoms with van der Waals surface area (Å²) in [7, 11) is -1.11. The Labute approximate surface area is 153 Å². The van der Waals surface area contributed by atoms with Crippen LogP contribution in [-0.2, 0) is 15.7 Å². The van der Waals surface area contributed by atoms with E-state index >= 15 is 0 Å². The van der Waals surface area contributed by atoms with Gasteiger partial charge >= 0.3 is 0 Å². The molecule has 26 heavy (non-hydrogen) atoms. The van der Waals surface area contributed by atoms with E-state index in [-0.39, 0.29) is 6.35 Å². The number of benzene rings is 2. The van der Waals surface area contributed by atoms with Gasteiger partial charge in [-0.15, -0.1) is 0 Å². The fourth-order valence-corrected chi connectivity index (χ4v) is 3.25. The predicted molar refractivity (Wildman–Crippen MR) is 105 cm³/mol. The number of aromatic nitrogens is 1. The molecule has 2 unspecified atom stereocenters. The number of nitrogens with one attached hydrogen (secondary N) is 3. The van der Waals surface area contributed by atoms with Crippen molar-refractivity contribution in [1.82, 2.24) is 10.3 Å². The maximum atomic E-state index is 11.3.